The first-order valence-electron chi connectivity index (χ1n) is 11.0. The van der Waals surface area contributed by atoms with Crippen LogP contribution in [0.5, 0.6) is 0 Å². The van der Waals surface area contributed by atoms with Crippen LogP contribution in [0.4, 0.5) is 0 Å². The molecule has 0 amide bonds. The minimum absolute atomic E-state index is 0.349. The predicted octanol–water partition coefficient (Wildman–Crippen LogP) is 5.03. The van der Waals surface area contributed by atoms with Gasteiger partial charge in [0.05, 0.1) is 4.90 Å². The van der Waals surface area contributed by atoms with Crippen LogP contribution in [0, 0.1) is 0 Å². The van der Waals surface area contributed by atoms with Gasteiger partial charge in [-0.1, -0.05) is 79.2 Å². The minimum Gasteiger partial charge on any atom is -0.302 e. The summed E-state index contributed by atoms with van der Waals surface area (Å²) in [6.45, 7) is 3.78. The molecule has 0 saturated carbocycles. The fourth-order valence-electron chi connectivity index (χ4n) is 4.11. The average molecular weight is 435 g/mol. The van der Waals surface area contributed by atoms with E-state index in [2.05, 4.69) is 4.90 Å². The molecule has 1 heterocycles. The lowest BCUT2D eigenvalue weighted by Gasteiger charge is -2.29. The molecule has 3 aromatic rings. The third-order valence-corrected chi connectivity index (χ3v) is 7.77. The predicted molar refractivity (Wildman–Crippen MR) is 126 cm³/mol. The van der Waals surface area contributed by atoms with E-state index in [1.54, 1.807) is 16.4 Å². The lowest BCUT2D eigenvalue weighted by Crippen LogP contribution is -2.40. The maximum Gasteiger partial charge on any atom is 0.243 e. The van der Waals surface area contributed by atoms with Crippen molar-refractivity contribution < 1.29 is 8.42 Å². The molecule has 1 saturated heterocycles. The van der Waals surface area contributed by atoms with Crippen LogP contribution in [0.3, 0.4) is 0 Å². The number of piperidine rings is 1. The van der Waals surface area contributed by atoms with E-state index in [0.717, 1.165) is 36.3 Å². The molecule has 31 heavy (non-hydrogen) atoms. The molecule has 0 spiro atoms. The Kier molecular flexibility index (Phi) is 7.17. The van der Waals surface area contributed by atoms with Crippen molar-refractivity contribution in [1.82, 2.24) is 9.21 Å². The molecule has 4 rings (SSSR count). The van der Waals surface area contributed by atoms with Crippen molar-refractivity contribution in [2.75, 3.05) is 26.2 Å². The van der Waals surface area contributed by atoms with Gasteiger partial charge in [-0.25, -0.2) is 8.42 Å². The van der Waals surface area contributed by atoms with E-state index < -0.39 is 10.0 Å². The van der Waals surface area contributed by atoms with E-state index in [1.165, 1.54) is 19.3 Å². The van der Waals surface area contributed by atoms with Crippen molar-refractivity contribution >= 4 is 10.0 Å². The zero-order chi connectivity index (χ0) is 21.5. The van der Waals surface area contributed by atoms with Gasteiger partial charge in [0.25, 0.3) is 0 Å². The van der Waals surface area contributed by atoms with Crippen LogP contribution in [0.25, 0.3) is 11.1 Å². The van der Waals surface area contributed by atoms with Crippen LogP contribution in [0.1, 0.15) is 24.8 Å². The standard InChI is InChI=1S/C26H30N2O2S/c29-31(30,26-16-14-25(15-17-26)24-12-6-2-7-13-24)28(22-23-10-4-1-5-11-23)21-20-27-18-8-3-9-19-27/h1-2,4-7,10-17H,3,8-9,18-22H2. The Balaban J connectivity index is 1.55. The number of hydrogen-bond donors (Lipinski definition) is 0. The summed E-state index contributed by atoms with van der Waals surface area (Å²) in [4.78, 5) is 2.73. The fourth-order valence-corrected chi connectivity index (χ4v) is 5.53. The van der Waals surface area contributed by atoms with Crippen molar-refractivity contribution in [3.8, 4) is 11.1 Å². The summed E-state index contributed by atoms with van der Waals surface area (Å²) in [7, 11) is -3.59. The van der Waals surface area contributed by atoms with E-state index in [1.807, 2.05) is 72.8 Å². The van der Waals surface area contributed by atoms with E-state index in [-0.39, 0.29) is 0 Å². The molecule has 162 valence electrons. The molecule has 0 unspecified atom stereocenters. The SMILES string of the molecule is O=S(=O)(c1ccc(-c2ccccc2)cc1)N(CCN1CCCCC1)Cc1ccccc1. The van der Waals surface area contributed by atoms with Crippen molar-refractivity contribution in [3.63, 3.8) is 0 Å². The minimum atomic E-state index is -3.59. The number of benzene rings is 3. The molecule has 1 fully saturated rings. The Hall–Kier alpha value is -2.47. The molecular formula is C26H30N2O2S. The van der Waals surface area contributed by atoms with Gasteiger partial charge in [-0.15, -0.1) is 0 Å². The third-order valence-electron chi connectivity index (χ3n) is 5.92. The highest BCUT2D eigenvalue weighted by atomic mass is 32.2. The highest BCUT2D eigenvalue weighted by Crippen LogP contribution is 2.24. The van der Waals surface area contributed by atoms with Crippen molar-refractivity contribution in [1.29, 1.82) is 0 Å². The van der Waals surface area contributed by atoms with Crippen LogP contribution in [0.2, 0.25) is 0 Å². The molecule has 3 aromatic carbocycles. The summed E-state index contributed by atoms with van der Waals surface area (Å²) >= 11 is 0. The topological polar surface area (TPSA) is 40.6 Å². The highest BCUT2D eigenvalue weighted by Gasteiger charge is 2.25. The van der Waals surface area contributed by atoms with Gasteiger partial charge in [0.2, 0.25) is 10.0 Å². The summed E-state index contributed by atoms with van der Waals surface area (Å²) in [6, 6.07) is 27.1. The first kappa shape index (κ1) is 21.8. The van der Waals surface area contributed by atoms with E-state index >= 15 is 0 Å². The van der Waals surface area contributed by atoms with Gasteiger partial charge < -0.3 is 4.90 Å². The smallest absolute Gasteiger partial charge is 0.243 e. The largest absolute Gasteiger partial charge is 0.302 e. The fraction of sp³-hybridized carbons (Fsp3) is 0.308. The molecule has 0 bridgehead atoms. The third kappa shape index (κ3) is 5.62. The number of hydrogen-bond acceptors (Lipinski definition) is 3. The van der Waals surface area contributed by atoms with E-state index in [0.29, 0.717) is 18.0 Å². The summed E-state index contributed by atoms with van der Waals surface area (Å²) < 4.78 is 28.8. The Morgan fingerprint density at radius 2 is 1.29 bits per heavy atom. The highest BCUT2D eigenvalue weighted by molar-refractivity contribution is 7.89. The number of likely N-dealkylation sites (tertiary alicyclic amines) is 1. The maximum atomic E-state index is 13.6. The summed E-state index contributed by atoms with van der Waals surface area (Å²) in [6.07, 6.45) is 3.68. The van der Waals surface area contributed by atoms with Crippen LogP contribution in [-0.4, -0.2) is 43.8 Å². The molecule has 1 aliphatic rings. The Morgan fingerprint density at radius 3 is 1.94 bits per heavy atom. The van der Waals surface area contributed by atoms with Gasteiger partial charge >= 0.3 is 0 Å². The molecular weight excluding hydrogens is 404 g/mol. The van der Waals surface area contributed by atoms with Crippen molar-refractivity contribution in [3.05, 3.63) is 90.5 Å². The van der Waals surface area contributed by atoms with Gasteiger partial charge in [0, 0.05) is 19.6 Å². The zero-order valence-electron chi connectivity index (χ0n) is 17.9. The summed E-state index contributed by atoms with van der Waals surface area (Å²) in [5.41, 5.74) is 3.10. The van der Waals surface area contributed by atoms with Crippen LogP contribution in [-0.2, 0) is 16.6 Å². The number of nitrogens with zero attached hydrogens (tertiary/aromatic N) is 2. The normalized spacial score (nSPS) is 15.3. The molecule has 0 aromatic heterocycles. The van der Waals surface area contributed by atoms with Gasteiger partial charge in [0.15, 0.2) is 0 Å². The molecule has 0 aliphatic carbocycles. The molecule has 1 aliphatic heterocycles. The molecule has 0 atom stereocenters. The van der Waals surface area contributed by atoms with Gasteiger partial charge in [-0.3, -0.25) is 0 Å². The Bertz CT molecular complexity index is 1050. The van der Waals surface area contributed by atoms with E-state index in [4.69, 9.17) is 0 Å². The number of sulfonamides is 1. The van der Waals surface area contributed by atoms with Gasteiger partial charge in [-0.05, 0) is 54.8 Å². The second-order valence-corrected chi connectivity index (χ2v) is 10.1. The first-order valence-corrected chi connectivity index (χ1v) is 12.5. The lowest BCUT2D eigenvalue weighted by molar-refractivity contribution is 0.211. The van der Waals surface area contributed by atoms with Gasteiger partial charge in [0.1, 0.15) is 0 Å². The van der Waals surface area contributed by atoms with Crippen LogP contribution >= 0.6 is 0 Å². The van der Waals surface area contributed by atoms with E-state index in [9.17, 15) is 8.42 Å². The van der Waals surface area contributed by atoms with Crippen molar-refractivity contribution in [2.24, 2.45) is 0 Å². The Labute approximate surface area is 186 Å². The molecule has 0 radical (unpaired) electrons. The monoisotopic (exact) mass is 434 g/mol. The second kappa shape index (κ2) is 10.2. The summed E-state index contributed by atoms with van der Waals surface area (Å²) in [5, 5.41) is 0. The molecule has 5 heteroatoms. The average Bonchev–Trinajstić information content (AvgIpc) is 2.83. The van der Waals surface area contributed by atoms with Gasteiger partial charge in [-0.2, -0.15) is 4.31 Å². The molecule has 0 N–H and O–H groups in total. The maximum absolute atomic E-state index is 13.6. The molecule has 4 nitrogen and oxygen atoms in total. The first-order chi connectivity index (χ1) is 15.1. The van der Waals surface area contributed by atoms with Crippen LogP contribution < -0.4 is 0 Å². The lowest BCUT2D eigenvalue weighted by atomic mass is 10.1. The Morgan fingerprint density at radius 1 is 0.710 bits per heavy atom. The van der Waals surface area contributed by atoms with Crippen LogP contribution in [0.15, 0.2) is 89.8 Å². The zero-order valence-corrected chi connectivity index (χ0v) is 18.7. The quantitative estimate of drug-likeness (QED) is 0.499. The number of rotatable bonds is 8. The van der Waals surface area contributed by atoms with Crippen molar-refractivity contribution in [2.45, 2.75) is 30.7 Å². The second-order valence-electron chi connectivity index (χ2n) is 8.12. The summed E-state index contributed by atoms with van der Waals surface area (Å²) in [5.74, 6) is 0.